The molecule has 0 bridgehead atoms. The fourth-order valence-corrected chi connectivity index (χ4v) is 3.56. The fraction of sp³-hybridized carbons (Fsp3) is 0.905. The van der Waals surface area contributed by atoms with Gasteiger partial charge in [-0.25, -0.2) is 0 Å². The summed E-state index contributed by atoms with van der Waals surface area (Å²) in [6.45, 7) is 13.6. The van der Waals surface area contributed by atoms with E-state index in [1.54, 1.807) is 0 Å². The Morgan fingerprint density at radius 2 is 1.85 bits per heavy atom. The number of nitrogens with one attached hydrogen (secondary N) is 2. The van der Waals surface area contributed by atoms with Gasteiger partial charge in [-0.15, -0.1) is 0 Å². The highest BCUT2D eigenvalue weighted by atomic mass is 16.2. The predicted molar refractivity (Wildman–Crippen MR) is 106 cm³/mol. The highest BCUT2D eigenvalue weighted by Crippen LogP contribution is 2.27. The molecule has 0 radical (unpaired) electrons. The van der Waals surface area contributed by atoms with Crippen LogP contribution in [0.5, 0.6) is 0 Å². The minimum atomic E-state index is -0.0779. The number of likely N-dealkylation sites (tertiary alicyclic amines) is 1. The van der Waals surface area contributed by atoms with Crippen LogP contribution in [0.1, 0.15) is 66.7 Å². The van der Waals surface area contributed by atoms with Crippen molar-refractivity contribution >= 4 is 11.8 Å². The lowest BCUT2D eigenvalue weighted by Gasteiger charge is -2.38. The molecule has 2 aliphatic rings. The third-order valence-corrected chi connectivity index (χ3v) is 5.24. The molecule has 1 aliphatic carbocycles. The lowest BCUT2D eigenvalue weighted by Crippen LogP contribution is -2.51. The van der Waals surface area contributed by atoms with Gasteiger partial charge in [0.2, 0.25) is 11.8 Å². The Hall–Kier alpha value is -1.10. The Kier molecular flexibility index (Phi) is 7.51. The van der Waals surface area contributed by atoms with E-state index < -0.39 is 0 Å². The maximum absolute atomic E-state index is 12.8. The summed E-state index contributed by atoms with van der Waals surface area (Å²) in [5.74, 6) is 1.19. The third kappa shape index (κ3) is 7.65. The smallest absolute Gasteiger partial charge is 0.224 e. The van der Waals surface area contributed by atoms with Crippen LogP contribution in [-0.2, 0) is 9.59 Å². The summed E-state index contributed by atoms with van der Waals surface area (Å²) < 4.78 is 0. The number of carbonyl (C=O) groups excluding carboxylic acids is 2. The molecule has 2 atom stereocenters. The van der Waals surface area contributed by atoms with Crippen LogP contribution in [0.25, 0.3) is 0 Å². The molecular formula is C21H39N3O2. The van der Waals surface area contributed by atoms with Crippen molar-refractivity contribution in [2.75, 3.05) is 26.2 Å². The van der Waals surface area contributed by atoms with Crippen LogP contribution in [0.3, 0.4) is 0 Å². The molecule has 26 heavy (non-hydrogen) atoms. The van der Waals surface area contributed by atoms with E-state index in [-0.39, 0.29) is 23.1 Å². The van der Waals surface area contributed by atoms with Crippen molar-refractivity contribution in [3.05, 3.63) is 0 Å². The van der Waals surface area contributed by atoms with Crippen LogP contribution < -0.4 is 10.6 Å². The van der Waals surface area contributed by atoms with Gasteiger partial charge in [-0.05, 0) is 49.5 Å². The monoisotopic (exact) mass is 365 g/mol. The van der Waals surface area contributed by atoms with Crippen molar-refractivity contribution in [1.29, 1.82) is 0 Å². The van der Waals surface area contributed by atoms with Crippen molar-refractivity contribution < 1.29 is 9.59 Å². The molecular weight excluding hydrogens is 326 g/mol. The second kappa shape index (κ2) is 9.20. The third-order valence-electron chi connectivity index (χ3n) is 5.24. The molecule has 1 saturated heterocycles. The molecule has 1 saturated carbocycles. The quantitative estimate of drug-likeness (QED) is 0.695. The number of rotatable bonds is 8. The van der Waals surface area contributed by atoms with Crippen molar-refractivity contribution in [2.45, 2.75) is 72.8 Å². The second-order valence-electron chi connectivity index (χ2n) is 9.99. The summed E-state index contributed by atoms with van der Waals surface area (Å²) in [4.78, 5) is 27.4. The fourth-order valence-electron chi connectivity index (χ4n) is 3.56. The van der Waals surface area contributed by atoms with Gasteiger partial charge in [0.05, 0.1) is 5.92 Å². The lowest BCUT2D eigenvalue weighted by atomic mass is 9.86. The molecule has 150 valence electrons. The zero-order valence-electron chi connectivity index (χ0n) is 17.4. The topological polar surface area (TPSA) is 61.4 Å². The minimum Gasteiger partial charge on any atom is -0.356 e. The van der Waals surface area contributed by atoms with Crippen LogP contribution in [0.4, 0.5) is 0 Å². The minimum absolute atomic E-state index is 0.0225. The van der Waals surface area contributed by atoms with Gasteiger partial charge in [0.25, 0.3) is 0 Å². The molecule has 2 N–H and O–H groups in total. The van der Waals surface area contributed by atoms with E-state index in [9.17, 15) is 9.59 Å². The number of piperidine rings is 1. The second-order valence-corrected chi connectivity index (χ2v) is 9.99. The van der Waals surface area contributed by atoms with Gasteiger partial charge in [0.15, 0.2) is 0 Å². The van der Waals surface area contributed by atoms with E-state index in [0.29, 0.717) is 30.8 Å². The zero-order valence-corrected chi connectivity index (χ0v) is 17.4. The average Bonchev–Trinajstić information content (AvgIpc) is 3.35. The predicted octanol–water partition coefficient (Wildman–Crippen LogP) is 2.80. The number of carbonyl (C=O) groups is 2. The standard InChI is InChI=1S/C21H39N3O2/c1-15(2)8-9-22-20(26)17-10-16(12-23-18-6-7-18)13-24(14-17)19(25)11-21(3,4)5/h15-18,23H,6-14H2,1-5H3,(H,22,26)/t16-,17+/m1/s1. The molecule has 1 heterocycles. The molecule has 1 aliphatic heterocycles. The summed E-state index contributed by atoms with van der Waals surface area (Å²) in [6, 6.07) is 0.661. The van der Waals surface area contributed by atoms with Crippen LogP contribution in [-0.4, -0.2) is 48.9 Å². The average molecular weight is 366 g/mol. The maximum Gasteiger partial charge on any atom is 0.224 e. The number of hydrogen-bond donors (Lipinski definition) is 2. The van der Waals surface area contributed by atoms with Gasteiger partial charge in [-0.2, -0.15) is 0 Å². The summed E-state index contributed by atoms with van der Waals surface area (Å²) in [5.41, 5.74) is -0.0225. The Bertz CT molecular complexity index is 480. The number of amides is 2. The molecule has 0 aromatic rings. The molecule has 2 rings (SSSR count). The van der Waals surface area contributed by atoms with E-state index in [2.05, 4.69) is 45.3 Å². The Labute approximate surface area is 159 Å². The molecule has 0 unspecified atom stereocenters. The first kappa shape index (κ1) is 21.2. The Morgan fingerprint density at radius 1 is 1.15 bits per heavy atom. The molecule has 5 nitrogen and oxygen atoms in total. The van der Waals surface area contributed by atoms with Crippen molar-refractivity contribution in [3.63, 3.8) is 0 Å². The molecule has 2 amide bonds. The van der Waals surface area contributed by atoms with E-state index >= 15 is 0 Å². The van der Waals surface area contributed by atoms with Gasteiger partial charge in [-0.1, -0.05) is 34.6 Å². The first-order chi connectivity index (χ1) is 12.1. The molecule has 0 spiro atoms. The zero-order chi connectivity index (χ0) is 19.3. The molecule has 0 aromatic carbocycles. The van der Waals surface area contributed by atoms with Crippen LogP contribution in [0, 0.1) is 23.2 Å². The van der Waals surface area contributed by atoms with Gasteiger partial charge in [0.1, 0.15) is 0 Å². The summed E-state index contributed by atoms with van der Waals surface area (Å²) in [6.07, 6.45) is 4.94. The van der Waals surface area contributed by atoms with Gasteiger partial charge in [-0.3, -0.25) is 9.59 Å². The SMILES string of the molecule is CC(C)CCNC(=O)[C@H]1C[C@H](CNC2CC2)CN(C(=O)CC(C)(C)C)C1. The van der Waals surface area contributed by atoms with E-state index in [1.165, 1.54) is 12.8 Å². The Balaban J connectivity index is 1.93. The van der Waals surface area contributed by atoms with E-state index in [0.717, 1.165) is 32.5 Å². The van der Waals surface area contributed by atoms with Crippen LogP contribution >= 0.6 is 0 Å². The van der Waals surface area contributed by atoms with Gasteiger partial charge in [0, 0.05) is 32.1 Å². The van der Waals surface area contributed by atoms with Crippen LogP contribution in [0.2, 0.25) is 0 Å². The van der Waals surface area contributed by atoms with Crippen molar-refractivity contribution in [2.24, 2.45) is 23.2 Å². The number of hydrogen-bond acceptors (Lipinski definition) is 3. The summed E-state index contributed by atoms with van der Waals surface area (Å²) in [5, 5.41) is 6.67. The Morgan fingerprint density at radius 3 is 2.42 bits per heavy atom. The first-order valence-corrected chi connectivity index (χ1v) is 10.4. The van der Waals surface area contributed by atoms with Gasteiger partial charge < -0.3 is 15.5 Å². The summed E-state index contributed by atoms with van der Waals surface area (Å²) >= 11 is 0. The normalized spacial score (nSPS) is 24.0. The highest BCUT2D eigenvalue weighted by molar-refractivity contribution is 5.81. The summed E-state index contributed by atoms with van der Waals surface area (Å²) in [7, 11) is 0. The maximum atomic E-state index is 12.8. The first-order valence-electron chi connectivity index (χ1n) is 10.4. The van der Waals surface area contributed by atoms with Gasteiger partial charge >= 0.3 is 0 Å². The lowest BCUT2D eigenvalue weighted by molar-refractivity contribution is -0.138. The van der Waals surface area contributed by atoms with E-state index in [4.69, 9.17) is 0 Å². The molecule has 0 aromatic heterocycles. The molecule has 5 heteroatoms. The molecule has 2 fully saturated rings. The van der Waals surface area contributed by atoms with Crippen molar-refractivity contribution in [1.82, 2.24) is 15.5 Å². The van der Waals surface area contributed by atoms with Crippen molar-refractivity contribution in [3.8, 4) is 0 Å². The largest absolute Gasteiger partial charge is 0.356 e. The number of nitrogens with zero attached hydrogens (tertiary/aromatic N) is 1. The van der Waals surface area contributed by atoms with E-state index in [1.807, 2.05) is 4.90 Å². The van der Waals surface area contributed by atoms with Crippen LogP contribution in [0.15, 0.2) is 0 Å². The highest BCUT2D eigenvalue weighted by Gasteiger charge is 2.35.